The molecule has 5 nitrogen and oxygen atoms in total. The number of hydrogen-bond acceptors (Lipinski definition) is 3. The van der Waals surface area contributed by atoms with Crippen molar-refractivity contribution in [3.8, 4) is 0 Å². The van der Waals surface area contributed by atoms with Gasteiger partial charge in [-0.25, -0.2) is 13.1 Å². The van der Waals surface area contributed by atoms with Crippen molar-refractivity contribution < 1.29 is 8.42 Å². The summed E-state index contributed by atoms with van der Waals surface area (Å²) in [6.07, 6.45) is 0.680. The molecule has 0 amide bonds. The minimum absolute atomic E-state index is 0.241. The predicted octanol–water partition coefficient (Wildman–Crippen LogP) is 2.46. The van der Waals surface area contributed by atoms with E-state index in [-0.39, 0.29) is 10.9 Å². The zero-order chi connectivity index (χ0) is 14.8. The summed E-state index contributed by atoms with van der Waals surface area (Å²) in [5, 5.41) is 6.65. The number of H-pyrrole nitrogens is 1. The quantitative estimate of drug-likeness (QED) is 0.889. The van der Waals surface area contributed by atoms with Crippen LogP contribution in [0.2, 0.25) is 0 Å². The van der Waals surface area contributed by atoms with Gasteiger partial charge < -0.3 is 0 Å². The van der Waals surface area contributed by atoms with Crippen LogP contribution in [0.25, 0.3) is 0 Å². The molecule has 1 atom stereocenters. The Kier molecular flexibility index (Phi) is 4.25. The second-order valence-corrected chi connectivity index (χ2v) is 6.41. The van der Waals surface area contributed by atoms with Crippen molar-refractivity contribution in [2.24, 2.45) is 0 Å². The first kappa shape index (κ1) is 14.7. The minimum atomic E-state index is -3.58. The van der Waals surface area contributed by atoms with Crippen LogP contribution < -0.4 is 4.72 Å². The van der Waals surface area contributed by atoms with E-state index >= 15 is 0 Å². The Hall–Kier alpha value is -1.66. The number of aromatic amines is 1. The Morgan fingerprint density at radius 3 is 2.40 bits per heavy atom. The molecule has 0 aliphatic heterocycles. The molecule has 1 aromatic carbocycles. The molecule has 0 saturated heterocycles. The Balaban J connectivity index is 2.32. The van der Waals surface area contributed by atoms with E-state index in [9.17, 15) is 8.42 Å². The highest BCUT2D eigenvalue weighted by molar-refractivity contribution is 7.89. The van der Waals surface area contributed by atoms with Crippen molar-refractivity contribution in [3.63, 3.8) is 0 Å². The zero-order valence-electron chi connectivity index (χ0n) is 11.8. The molecule has 2 rings (SSSR count). The van der Waals surface area contributed by atoms with Gasteiger partial charge in [0, 0.05) is 6.04 Å². The lowest BCUT2D eigenvalue weighted by Gasteiger charge is -2.17. The number of rotatable bonds is 5. The van der Waals surface area contributed by atoms with Crippen LogP contribution in [0.15, 0.2) is 35.2 Å². The zero-order valence-corrected chi connectivity index (χ0v) is 12.7. The van der Waals surface area contributed by atoms with Crippen molar-refractivity contribution in [1.29, 1.82) is 0 Å². The maximum atomic E-state index is 12.5. The molecule has 0 aliphatic carbocycles. The molecule has 1 unspecified atom stereocenters. The molecule has 0 spiro atoms. The third kappa shape index (κ3) is 2.91. The van der Waals surface area contributed by atoms with Crippen LogP contribution in [0, 0.1) is 13.8 Å². The number of nitrogens with one attached hydrogen (secondary N) is 2. The van der Waals surface area contributed by atoms with Crippen LogP contribution >= 0.6 is 0 Å². The Morgan fingerprint density at radius 1 is 1.25 bits per heavy atom. The van der Waals surface area contributed by atoms with Gasteiger partial charge in [-0.2, -0.15) is 5.10 Å². The first-order chi connectivity index (χ1) is 9.45. The summed E-state index contributed by atoms with van der Waals surface area (Å²) in [6.45, 7) is 5.34. The van der Waals surface area contributed by atoms with E-state index in [1.807, 2.05) is 37.3 Å². The van der Waals surface area contributed by atoms with Crippen LogP contribution in [-0.2, 0) is 10.0 Å². The highest BCUT2D eigenvalue weighted by Gasteiger charge is 2.25. The minimum Gasteiger partial charge on any atom is -0.281 e. The average Bonchev–Trinajstić information content (AvgIpc) is 2.77. The summed E-state index contributed by atoms with van der Waals surface area (Å²) in [5.41, 5.74) is 1.99. The van der Waals surface area contributed by atoms with Crippen LogP contribution in [0.5, 0.6) is 0 Å². The molecule has 2 N–H and O–H groups in total. The number of benzene rings is 1. The Labute approximate surface area is 119 Å². The lowest BCUT2D eigenvalue weighted by molar-refractivity contribution is 0.549. The molecular weight excluding hydrogens is 274 g/mol. The molecular formula is C14H19N3O2S. The SMILES string of the molecule is CCC(NS(=O)(=O)c1c(C)n[nH]c1C)c1ccccc1. The first-order valence-corrected chi connectivity index (χ1v) is 8.03. The number of nitrogens with zero attached hydrogens (tertiary/aromatic N) is 1. The van der Waals surface area contributed by atoms with Crippen molar-refractivity contribution in [2.45, 2.75) is 38.1 Å². The van der Waals surface area contributed by atoms with Gasteiger partial charge in [-0.05, 0) is 25.8 Å². The average molecular weight is 293 g/mol. The molecule has 20 heavy (non-hydrogen) atoms. The van der Waals surface area contributed by atoms with E-state index < -0.39 is 10.0 Å². The van der Waals surface area contributed by atoms with Gasteiger partial charge in [-0.1, -0.05) is 37.3 Å². The van der Waals surface area contributed by atoms with E-state index in [1.54, 1.807) is 13.8 Å². The van der Waals surface area contributed by atoms with Crippen molar-refractivity contribution in [2.75, 3.05) is 0 Å². The fourth-order valence-corrected chi connectivity index (χ4v) is 3.93. The van der Waals surface area contributed by atoms with E-state index in [4.69, 9.17) is 0 Å². The molecule has 1 heterocycles. The summed E-state index contributed by atoms with van der Waals surface area (Å²) < 4.78 is 27.8. The lowest BCUT2D eigenvalue weighted by atomic mass is 10.1. The number of hydrogen-bond donors (Lipinski definition) is 2. The summed E-state index contributed by atoms with van der Waals surface area (Å²) in [7, 11) is -3.58. The lowest BCUT2D eigenvalue weighted by Crippen LogP contribution is -2.29. The normalized spacial score (nSPS) is 13.3. The van der Waals surface area contributed by atoms with E-state index in [1.165, 1.54) is 0 Å². The van der Waals surface area contributed by atoms with Crippen molar-refractivity contribution in [3.05, 3.63) is 47.3 Å². The van der Waals surface area contributed by atoms with Gasteiger partial charge in [-0.3, -0.25) is 5.10 Å². The second-order valence-electron chi connectivity index (χ2n) is 4.76. The molecule has 0 radical (unpaired) electrons. The third-order valence-electron chi connectivity index (χ3n) is 3.24. The monoisotopic (exact) mass is 293 g/mol. The van der Waals surface area contributed by atoms with E-state index in [2.05, 4.69) is 14.9 Å². The van der Waals surface area contributed by atoms with Crippen LogP contribution in [0.4, 0.5) is 0 Å². The van der Waals surface area contributed by atoms with Crippen LogP contribution in [0.1, 0.15) is 36.3 Å². The van der Waals surface area contributed by atoms with E-state index in [0.29, 0.717) is 17.8 Å². The van der Waals surface area contributed by atoms with Crippen molar-refractivity contribution >= 4 is 10.0 Å². The smallest absolute Gasteiger partial charge is 0.244 e. The van der Waals surface area contributed by atoms with Gasteiger partial charge in [0.2, 0.25) is 10.0 Å². The van der Waals surface area contributed by atoms with Crippen molar-refractivity contribution in [1.82, 2.24) is 14.9 Å². The predicted molar refractivity (Wildman–Crippen MR) is 77.9 cm³/mol. The number of aryl methyl sites for hydroxylation is 2. The van der Waals surface area contributed by atoms with Gasteiger partial charge in [0.15, 0.2) is 0 Å². The summed E-state index contributed by atoms with van der Waals surface area (Å²) in [5.74, 6) is 0. The van der Waals surface area contributed by atoms with Crippen LogP contribution in [-0.4, -0.2) is 18.6 Å². The Bertz CT molecular complexity index is 658. The molecule has 108 valence electrons. The maximum Gasteiger partial charge on any atom is 0.244 e. The first-order valence-electron chi connectivity index (χ1n) is 6.54. The molecule has 6 heteroatoms. The molecule has 2 aromatic rings. The number of sulfonamides is 1. The highest BCUT2D eigenvalue weighted by Crippen LogP contribution is 2.22. The topological polar surface area (TPSA) is 74.8 Å². The fourth-order valence-electron chi connectivity index (χ4n) is 2.26. The van der Waals surface area contributed by atoms with E-state index in [0.717, 1.165) is 5.56 Å². The van der Waals surface area contributed by atoms with Gasteiger partial charge in [0.05, 0.1) is 11.4 Å². The van der Waals surface area contributed by atoms with Gasteiger partial charge in [0.1, 0.15) is 4.90 Å². The highest BCUT2D eigenvalue weighted by atomic mass is 32.2. The molecule has 0 aliphatic rings. The van der Waals surface area contributed by atoms with Gasteiger partial charge in [0.25, 0.3) is 0 Å². The van der Waals surface area contributed by atoms with Gasteiger partial charge in [-0.15, -0.1) is 0 Å². The van der Waals surface area contributed by atoms with Crippen LogP contribution in [0.3, 0.4) is 0 Å². The Morgan fingerprint density at radius 2 is 1.90 bits per heavy atom. The summed E-state index contributed by atoms with van der Waals surface area (Å²) >= 11 is 0. The summed E-state index contributed by atoms with van der Waals surface area (Å²) in [4.78, 5) is 0.242. The largest absolute Gasteiger partial charge is 0.281 e. The van der Waals surface area contributed by atoms with Gasteiger partial charge >= 0.3 is 0 Å². The third-order valence-corrected chi connectivity index (χ3v) is 4.97. The maximum absolute atomic E-state index is 12.5. The second kappa shape index (κ2) is 5.76. The molecule has 0 saturated carbocycles. The standard InChI is InChI=1S/C14H19N3O2S/c1-4-13(12-8-6-5-7-9-12)17-20(18,19)14-10(2)15-16-11(14)3/h5-9,13,17H,4H2,1-3H3,(H,15,16). The molecule has 0 fully saturated rings. The molecule has 1 aromatic heterocycles. The summed E-state index contributed by atoms with van der Waals surface area (Å²) in [6, 6.07) is 9.32. The molecule has 0 bridgehead atoms. The number of aromatic nitrogens is 2. The fraction of sp³-hybridized carbons (Fsp3) is 0.357.